The lowest BCUT2D eigenvalue weighted by Gasteiger charge is -2.19. The van der Waals surface area contributed by atoms with Gasteiger partial charge in [-0.2, -0.15) is 0 Å². The molecule has 1 aromatic heterocycles. The van der Waals surface area contributed by atoms with Crippen LogP contribution in [0.15, 0.2) is 6.33 Å². The van der Waals surface area contributed by atoms with Crippen molar-refractivity contribution in [3.8, 4) is 0 Å². The van der Waals surface area contributed by atoms with Crippen molar-refractivity contribution in [1.29, 1.82) is 0 Å². The third-order valence-corrected chi connectivity index (χ3v) is 2.41. The number of aryl methyl sites for hydroxylation is 1. The van der Waals surface area contributed by atoms with E-state index in [9.17, 15) is 0 Å². The zero-order valence-corrected chi connectivity index (χ0v) is 9.36. The van der Waals surface area contributed by atoms with E-state index in [2.05, 4.69) is 41.4 Å². The van der Waals surface area contributed by atoms with Crippen molar-refractivity contribution in [3.63, 3.8) is 0 Å². The van der Waals surface area contributed by atoms with Crippen molar-refractivity contribution < 1.29 is 0 Å². The summed E-state index contributed by atoms with van der Waals surface area (Å²) < 4.78 is 1.92. The first-order valence-electron chi connectivity index (χ1n) is 4.81. The number of likely N-dealkylation sites (N-methyl/N-ethyl adjacent to an activating group) is 1. The van der Waals surface area contributed by atoms with Gasteiger partial charge in [0.25, 0.3) is 0 Å². The second-order valence-corrected chi connectivity index (χ2v) is 3.80. The van der Waals surface area contributed by atoms with Crippen LogP contribution in [0.2, 0.25) is 0 Å². The summed E-state index contributed by atoms with van der Waals surface area (Å²) in [5.74, 6) is 0.968. The fourth-order valence-electron chi connectivity index (χ4n) is 1.04. The topological polar surface area (TPSA) is 46.0 Å². The van der Waals surface area contributed by atoms with Gasteiger partial charge in [0, 0.05) is 19.6 Å². The average molecular weight is 197 g/mol. The van der Waals surface area contributed by atoms with Crippen LogP contribution in [0, 0.1) is 0 Å². The Balaban J connectivity index is 2.25. The van der Waals surface area contributed by atoms with Gasteiger partial charge in [-0.1, -0.05) is 0 Å². The van der Waals surface area contributed by atoms with Crippen molar-refractivity contribution in [1.82, 2.24) is 25.0 Å². The van der Waals surface area contributed by atoms with E-state index in [-0.39, 0.29) is 0 Å². The molecule has 0 radical (unpaired) electrons. The van der Waals surface area contributed by atoms with Gasteiger partial charge in [-0.25, -0.2) is 0 Å². The third kappa shape index (κ3) is 3.08. The number of aromatic nitrogens is 3. The van der Waals surface area contributed by atoms with E-state index < -0.39 is 0 Å². The Labute approximate surface area is 85.1 Å². The molecular weight excluding hydrogens is 178 g/mol. The first-order chi connectivity index (χ1) is 6.61. The second-order valence-electron chi connectivity index (χ2n) is 3.80. The number of nitrogens with one attached hydrogen (secondary N) is 1. The first kappa shape index (κ1) is 11.1. The summed E-state index contributed by atoms with van der Waals surface area (Å²) in [6.07, 6.45) is 1.71. The molecule has 1 rings (SSSR count). The van der Waals surface area contributed by atoms with E-state index in [0.717, 1.165) is 18.9 Å². The molecule has 0 amide bonds. The predicted octanol–water partition coefficient (Wildman–Crippen LogP) is -0.145. The zero-order valence-electron chi connectivity index (χ0n) is 9.36. The number of nitrogens with zero attached hydrogens (tertiary/aromatic N) is 4. The summed E-state index contributed by atoms with van der Waals surface area (Å²) in [6, 6.07) is 0.531. The molecule has 5 heteroatoms. The maximum Gasteiger partial charge on any atom is 0.146 e. The molecular formula is C9H19N5. The minimum Gasteiger partial charge on any atom is -0.320 e. The highest BCUT2D eigenvalue weighted by atomic mass is 15.3. The van der Waals surface area contributed by atoms with Crippen LogP contribution in [0.3, 0.4) is 0 Å². The van der Waals surface area contributed by atoms with Crippen molar-refractivity contribution in [3.05, 3.63) is 12.2 Å². The molecule has 0 aromatic carbocycles. The van der Waals surface area contributed by atoms with Crippen LogP contribution in [0.1, 0.15) is 12.7 Å². The van der Waals surface area contributed by atoms with Crippen LogP contribution in [0.5, 0.6) is 0 Å². The molecule has 0 aliphatic heterocycles. The van der Waals surface area contributed by atoms with Gasteiger partial charge in [0.2, 0.25) is 0 Å². The van der Waals surface area contributed by atoms with Gasteiger partial charge in [0.1, 0.15) is 12.2 Å². The molecule has 1 heterocycles. The molecule has 1 N–H and O–H groups in total. The van der Waals surface area contributed by atoms with Gasteiger partial charge in [-0.3, -0.25) is 0 Å². The van der Waals surface area contributed by atoms with Crippen LogP contribution in [-0.2, 0) is 13.6 Å². The van der Waals surface area contributed by atoms with E-state index in [1.807, 2.05) is 11.6 Å². The molecule has 0 saturated carbocycles. The summed E-state index contributed by atoms with van der Waals surface area (Å²) in [7, 11) is 6.11. The van der Waals surface area contributed by atoms with E-state index in [1.165, 1.54) is 0 Å². The van der Waals surface area contributed by atoms with Gasteiger partial charge in [-0.15, -0.1) is 10.2 Å². The highest BCUT2D eigenvalue weighted by molar-refractivity contribution is 4.83. The normalized spacial score (nSPS) is 13.5. The monoisotopic (exact) mass is 197 g/mol. The Morgan fingerprint density at radius 2 is 2.29 bits per heavy atom. The van der Waals surface area contributed by atoms with Crippen molar-refractivity contribution in [2.75, 3.05) is 20.6 Å². The summed E-state index contributed by atoms with van der Waals surface area (Å²) >= 11 is 0. The van der Waals surface area contributed by atoms with Crippen LogP contribution < -0.4 is 5.32 Å². The van der Waals surface area contributed by atoms with Crippen molar-refractivity contribution >= 4 is 0 Å². The van der Waals surface area contributed by atoms with E-state index in [0.29, 0.717) is 6.04 Å². The fraction of sp³-hybridized carbons (Fsp3) is 0.778. The number of rotatable bonds is 5. The lowest BCUT2D eigenvalue weighted by Crippen LogP contribution is -2.35. The van der Waals surface area contributed by atoms with Gasteiger partial charge in [0.15, 0.2) is 0 Å². The Bertz CT molecular complexity index is 268. The van der Waals surface area contributed by atoms with Crippen LogP contribution >= 0.6 is 0 Å². The number of hydrogen-bond donors (Lipinski definition) is 1. The van der Waals surface area contributed by atoms with Crippen LogP contribution in [0.4, 0.5) is 0 Å². The standard InChI is InChI=1S/C9H19N5/c1-8(13(2)3)5-10-6-9-12-11-7-14(9)4/h7-8,10H,5-6H2,1-4H3. The molecule has 0 aliphatic carbocycles. The predicted molar refractivity (Wildman–Crippen MR) is 55.9 cm³/mol. The molecule has 80 valence electrons. The van der Waals surface area contributed by atoms with E-state index >= 15 is 0 Å². The second kappa shape index (κ2) is 5.07. The summed E-state index contributed by atoms with van der Waals surface area (Å²) in [4.78, 5) is 2.18. The average Bonchev–Trinajstić information content (AvgIpc) is 2.51. The van der Waals surface area contributed by atoms with Crippen molar-refractivity contribution in [2.24, 2.45) is 7.05 Å². The molecule has 5 nitrogen and oxygen atoms in total. The van der Waals surface area contributed by atoms with Gasteiger partial charge in [0.05, 0.1) is 6.54 Å². The molecule has 0 spiro atoms. The third-order valence-electron chi connectivity index (χ3n) is 2.41. The Morgan fingerprint density at radius 1 is 1.57 bits per heavy atom. The molecule has 1 atom stereocenters. The quantitative estimate of drug-likeness (QED) is 0.713. The molecule has 1 unspecified atom stereocenters. The largest absolute Gasteiger partial charge is 0.320 e. The summed E-state index contributed by atoms with van der Waals surface area (Å²) in [5.41, 5.74) is 0. The molecule has 0 fully saturated rings. The van der Waals surface area contributed by atoms with E-state index in [1.54, 1.807) is 6.33 Å². The highest BCUT2D eigenvalue weighted by Crippen LogP contribution is 1.92. The number of hydrogen-bond acceptors (Lipinski definition) is 4. The summed E-state index contributed by atoms with van der Waals surface area (Å²) in [6.45, 7) is 3.91. The highest BCUT2D eigenvalue weighted by Gasteiger charge is 2.04. The Morgan fingerprint density at radius 3 is 2.79 bits per heavy atom. The fourth-order valence-corrected chi connectivity index (χ4v) is 1.04. The van der Waals surface area contributed by atoms with Gasteiger partial charge >= 0.3 is 0 Å². The maximum atomic E-state index is 3.99. The minimum atomic E-state index is 0.531. The minimum absolute atomic E-state index is 0.531. The molecule has 14 heavy (non-hydrogen) atoms. The molecule has 0 bridgehead atoms. The lowest BCUT2D eigenvalue weighted by molar-refractivity contribution is 0.301. The van der Waals surface area contributed by atoms with Gasteiger partial charge < -0.3 is 14.8 Å². The summed E-state index contributed by atoms with van der Waals surface area (Å²) in [5, 5.41) is 11.2. The Kier molecular flexibility index (Phi) is 4.03. The smallest absolute Gasteiger partial charge is 0.146 e. The SMILES string of the molecule is CC(CNCc1nncn1C)N(C)C. The lowest BCUT2D eigenvalue weighted by atomic mass is 10.3. The molecule has 0 saturated heterocycles. The van der Waals surface area contributed by atoms with E-state index in [4.69, 9.17) is 0 Å². The van der Waals surface area contributed by atoms with Gasteiger partial charge in [-0.05, 0) is 21.0 Å². The van der Waals surface area contributed by atoms with Crippen LogP contribution in [-0.4, -0.2) is 46.3 Å². The first-order valence-corrected chi connectivity index (χ1v) is 4.81. The van der Waals surface area contributed by atoms with Crippen LogP contribution in [0.25, 0.3) is 0 Å². The molecule has 0 aliphatic rings. The maximum absolute atomic E-state index is 3.99. The van der Waals surface area contributed by atoms with Crippen molar-refractivity contribution in [2.45, 2.75) is 19.5 Å². The molecule has 1 aromatic rings. The zero-order chi connectivity index (χ0) is 10.6. The Hall–Kier alpha value is -0.940.